The number of alkyl halides is 1. The van der Waals surface area contributed by atoms with Crippen LogP contribution in [0.3, 0.4) is 0 Å². The van der Waals surface area contributed by atoms with Gasteiger partial charge in [-0.25, -0.2) is 0 Å². The van der Waals surface area contributed by atoms with Crippen LogP contribution in [-0.4, -0.2) is 35.4 Å². The fourth-order valence-electron chi connectivity index (χ4n) is 1.63. The van der Waals surface area contributed by atoms with Crippen molar-refractivity contribution in [3.05, 3.63) is 0 Å². The monoisotopic (exact) mass is 294 g/mol. The van der Waals surface area contributed by atoms with E-state index in [1.807, 2.05) is 13.8 Å². The van der Waals surface area contributed by atoms with Gasteiger partial charge in [0.25, 0.3) is 0 Å². The lowest BCUT2D eigenvalue weighted by Gasteiger charge is -2.41. The molecule has 2 atom stereocenters. The minimum absolute atomic E-state index is 0.240. The van der Waals surface area contributed by atoms with E-state index in [1.165, 1.54) is 0 Å². The Bertz CT molecular complexity index is 263. The van der Waals surface area contributed by atoms with Gasteiger partial charge in [-0.1, -0.05) is 15.9 Å². The van der Waals surface area contributed by atoms with Crippen LogP contribution in [0.4, 0.5) is 0 Å². The molecule has 0 aromatic carbocycles. The molecule has 0 radical (unpaired) electrons. The van der Waals surface area contributed by atoms with Crippen LogP contribution in [0.25, 0.3) is 0 Å². The van der Waals surface area contributed by atoms with Gasteiger partial charge in [-0.3, -0.25) is 4.79 Å². The van der Waals surface area contributed by atoms with Crippen molar-refractivity contribution < 1.29 is 19.0 Å². The SMILES string of the molecule is CCOC(=O)[C@](C)(Br)[C@@H]1CCOC(C)(C)O1. The average Bonchev–Trinajstić information content (AvgIpc) is 2.16. The van der Waals surface area contributed by atoms with Crippen LogP contribution in [0, 0.1) is 0 Å². The van der Waals surface area contributed by atoms with Crippen LogP contribution in [0.1, 0.15) is 34.1 Å². The zero-order valence-corrected chi connectivity index (χ0v) is 11.8. The second-order valence-corrected chi connectivity index (χ2v) is 6.09. The van der Waals surface area contributed by atoms with E-state index in [-0.39, 0.29) is 12.1 Å². The number of carbonyl (C=O) groups is 1. The molecule has 0 bridgehead atoms. The lowest BCUT2D eigenvalue weighted by Crippen LogP contribution is -2.51. The zero-order valence-electron chi connectivity index (χ0n) is 10.2. The summed E-state index contributed by atoms with van der Waals surface area (Å²) >= 11 is 3.41. The molecule has 0 unspecified atom stereocenters. The Morgan fingerprint density at radius 3 is 2.75 bits per heavy atom. The third kappa shape index (κ3) is 3.18. The Hall–Kier alpha value is -0.130. The highest BCUT2D eigenvalue weighted by molar-refractivity contribution is 9.10. The van der Waals surface area contributed by atoms with E-state index in [4.69, 9.17) is 14.2 Å². The second-order valence-electron chi connectivity index (χ2n) is 4.44. The Kier molecular flexibility index (Phi) is 4.37. The van der Waals surface area contributed by atoms with Gasteiger partial charge in [0, 0.05) is 0 Å². The lowest BCUT2D eigenvalue weighted by atomic mass is 10.0. The highest BCUT2D eigenvalue weighted by Gasteiger charge is 2.45. The van der Waals surface area contributed by atoms with Crippen molar-refractivity contribution in [2.75, 3.05) is 13.2 Å². The number of carbonyl (C=O) groups excluding carboxylic acids is 1. The van der Waals surface area contributed by atoms with Gasteiger partial charge >= 0.3 is 5.97 Å². The molecule has 16 heavy (non-hydrogen) atoms. The molecule has 1 rings (SSSR count). The number of halogens is 1. The van der Waals surface area contributed by atoms with Gasteiger partial charge in [0.05, 0.1) is 19.3 Å². The van der Waals surface area contributed by atoms with E-state index in [2.05, 4.69) is 15.9 Å². The van der Waals surface area contributed by atoms with Gasteiger partial charge in [-0.2, -0.15) is 0 Å². The quantitative estimate of drug-likeness (QED) is 0.592. The molecule has 1 aliphatic rings. The molecule has 4 nitrogen and oxygen atoms in total. The van der Waals surface area contributed by atoms with E-state index < -0.39 is 10.1 Å². The molecule has 5 heteroatoms. The summed E-state index contributed by atoms with van der Waals surface area (Å²) in [5.74, 6) is -0.942. The molecule has 0 amide bonds. The highest BCUT2D eigenvalue weighted by Crippen LogP contribution is 2.34. The molecule has 1 aliphatic heterocycles. The van der Waals surface area contributed by atoms with Crippen molar-refractivity contribution in [1.82, 2.24) is 0 Å². The Balaban J connectivity index is 2.71. The van der Waals surface area contributed by atoms with Crippen molar-refractivity contribution in [1.29, 1.82) is 0 Å². The van der Waals surface area contributed by atoms with E-state index in [0.717, 1.165) is 0 Å². The summed E-state index contributed by atoms with van der Waals surface area (Å²) in [5.41, 5.74) is 0. The lowest BCUT2D eigenvalue weighted by molar-refractivity contribution is -0.277. The highest BCUT2D eigenvalue weighted by atomic mass is 79.9. The Morgan fingerprint density at radius 1 is 1.62 bits per heavy atom. The van der Waals surface area contributed by atoms with Gasteiger partial charge < -0.3 is 14.2 Å². The summed E-state index contributed by atoms with van der Waals surface area (Å²) in [5, 5.41) is 0. The van der Waals surface area contributed by atoms with Crippen LogP contribution >= 0.6 is 15.9 Å². The summed E-state index contributed by atoms with van der Waals surface area (Å²) in [6.45, 7) is 8.19. The molecule has 1 heterocycles. The maximum Gasteiger partial charge on any atom is 0.325 e. The third-order valence-electron chi connectivity index (χ3n) is 2.53. The summed E-state index contributed by atoms with van der Waals surface area (Å²) < 4.78 is 15.4. The van der Waals surface area contributed by atoms with E-state index in [0.29, 0.717) is 19.6 Å². The number of ether oxygens (including phenoxy) is 3. The van der Waals surface area contributed by atoms with Gasteiger partial charge in [0.15, 0.2) is 5.79 Å². The van der Waals surface area contributed by atoms with Gasteiger partial charge in [0.1, 0.15) is 4.32 Å². The fraction of sp³-hybridized carbons (Fsp3) is 0.909. The summed E-state index contributed by atoms with van der Waals surface area (Å²) in [6, 6.07) is 0. The number of esters is 1. The first-order chi connectivity index (χ1) is 7.29. The predicted molar refractivity (Wildman–Crippen MR) is 63.5 cm³/mol. The fourth-order valence-corrected chi connectivity index (χ4v) is 2.07. The summed E-state index contributed by atoms with van der Waals surface area (Å²) in [7, 11) is 0. The first kappa shape index (κ1) is 13.9. The first-order valence-electron chi connectivity index (χ1n) is 5.47. The summed E-state index contributed by atoms with van der Waals surface area (Å²) in [6.07, 6.45) is 0.430. The van der Waals surface area contributed by atoms with Crippen LogP contribution in [0.15, 0.2) is 0 Å². The molecule has 94 valence electrons. The maximum absolute atomic E-state index is 11.8. The molecule has 0 aromatic heterocycles. The molecule has 0 saturated carbocycles. The van der Waals surface area contributed by atoms with Crippen molar-refractivity contribution in [3.8, 4) is 0 Å². The van der Waals surface area contributed by atoms with Crippen molar-refractivity contribution in [2.45, 2.75) is 50.3 Å². The van der Waals surface area contributed by atoms with Crippen molar-refractivity contribution >= 4 is 21.9 Å². The number of hydrogen-bond acceptors (Lipinski definition) is 4. The number of hydrogen-bond donors (Lipinski definition) is 0. The van der Waals surface area contributed by atoms with Crippen LogP contribution in [0.5, 0.6) is 0 Å². The smallest absolute Gasteiger partial charge is 0.325 e. The van der Waals surface area contributed by atoms with Crippen LogP contribution in [-0.2, 0) is 19.0 Å². The van der Waals surface area contributed by atoms with E-state index in [1.54, 1.807) is 13.8 Å². The Labute approximate surface area is 105 Å². The zero-order chi connectivity index (χ0) is 12.4. The largest absolute Gasteiger partial charge is 0.465 e. The molecular formula is C11H19BrO4. The van der Waals surface area contributed by atoms with E-state index in [9.17, 15) is 4.79 Å². The average molecular weight is 295 g/mol. The molecule has 0 spiro atoms. The Morgan fingerprint density at radius 2 is 2.25 bits per heavy atom. The topological polar surface area (TPSA) is 44.8 Å². The minimum atomic E-state index is -0.815. The van der Waals surface area contributed by atoms with Crippen LogP contribution in [0.2, 0.25) is 0 Å². The van der Waals surface area contributed by atoms with E-state index >= 15 is 0 Å². The standard InChI is InChI=1S/C11H19BrO4/c1-5-14-9(13)11(4,12)8-6-7-15-10(2,3)16-8/h8H,5-7H2,1-4H3/t8-,11+/m0/s1. The van der Waals surface area contributed by atoms with Gasteiger partial charge in [-0.05, 0) is 34.1 Å². The normalized spacial score (nSPS) is 28.2. The number of rotatable bonds is 3. The van der Waals surface area contributed by atoms with Crippen LogP contribution < -0.4 is 0 Å². The molecule has 0 aromatic rings. The van der Waals surface area contributed by atoms with Crippen molar-refractivity contribution in [2.24, 2.45) is 0 Å². The molecule has 1 saturated heterocycles. The third-order valence-corrected chi connectivity index (χ3v) is 3.37. The first-order valence-corrected chi connectivity index (χ1v) is 6.27. The van der Waals surface area contributed by atoms with Gasteiger partial charge in [-0.15, -0.1) is 0 Å². The van der Waals surface area contributed by atoms with Gasteiger partial charge in [0.2, 0.25) is 0 Å². The predicted octanol–water partition coefficient (Wildman–Crippen LogP) is 2.24. The van der Waals surface area contributed by atoms with Crippen molar-refractivity contribution in [3.63, 3.8) is 0 Å². The molecule has 0 N–H and O–H groups in total. The molecular weight excluding hydrogens is 276 g/mol. The maximum atomic E-state index is 11.8. The molecule has 0 aliphatic carbocycles. The minimum Gasteiger partial charge on any atom is -0.465 e. The summed E-state index contributed by atoms with van der Waals surface area (Å²) in [4.78, 5) is 11.8. The second kappa shape index (κ2) is 5.02. The molecule has 1 fully saturated rings.